The first kappa shape index (κ1) is 17.4. The standard InChI is InChI=1S/C18H15NO4S2/c1-11-2-4-12(5-3-11)14-7-6-13(23-14)10-15-17(22)19(18(24)25-15)9-8-16(20)21/h2-7,10H,8-9H2,1H3,(H,20,21). The van der Waals surface area contributed by atoms with E-state index < -0.39 is 5.97 Å². The predicted octanol–water partition coefficient (Wildman–Crippen LogP) is 3.93. The van der Waals surface area contributed by atoms with Crippen LogP contribution >= 0.6 is 24.0 Å². The Balaban J connectivity index is 1.77. The number of aliphatic carboxylic acids is 1. The van der Waals surface area contributed by atoms with Crippen molar-refractivity contribution in [3.8, 4) is 11.3 Å². The molecule has 1 saturated heterocycles. The molecule has 0 bridgehead atoms. The molecule has 25 heavy (non-hydrogen) atoms. The van der Waals surface area contributed by atoms with Gasteiger partial charge in [0.25, 0.3) is 5.91 Å². The summed E-state index contributed by atoms with van der Waals surface area (Å²) in [4.78, 5) is 24.8. The molecule has 0 saturated carbocycles. The van der Waals surface area contributed by atoms with Crippen LogP contribution in [-0.4, -0.2) is 32.7 Å². The third kappa shape index (κ3) is 4.00. The lowest BCUT2D eigenvalue weighted by Gasteiger charge is -2.12. The van der Waals surface area contributed by atoms with E-state index in [1.807, 2.05) is 37.3 Å². The van der Waals surface area contributed by atoms with Gasteiger partial charge in [-0.2, -0.15) is 0 Å². The molecule has 0 aliphatic carbocycles. The van der Waals surface area contributed by atoms with Crippen LogP contribution in [0, 0.1) is 6.92 Å². The molecule has 2 heterocycles. The minimum absolute atomic E-state index is 0.0735. The molecule has 1 amide bonds. The molecule has 1 fully saturated rings. The second kappa shape index (κ2) is 7.25. The van der Waals surface area contributed by atoms with Crippen LogP contribution in [0.15, 0.2) is 45.7 Å². The fourth-order valence-corrected chi connectivity index (χ4v) is 3.62. The van der Waals surface area contributed by atoms with E-state index in [4.69, 9.17) is 21.7 Å². The van der Waals surface area contributed by atoms with Crippen molar-refractivity contribution in [2.24, 2.45) is 0 Å². The first-order chi connectivity index (χ1) is 11.9. The van der Waals surface area contributed by atoms with Gasteiger partial charge in [-0.3, -0.25) is 14.5 Å². The van der Waals surface area contributed by atoms with Crippen molar-refractivity contribution in [3.63, 3.8) is 0 Å². The van der Waals surface area contributed by atoms with Crippen molar-refractivity contribution in [1.82, 2.24) is 4.90 Å². The Morgan fingerprint density at radius 1 is 1.28 bits per heavy atom. The summed E-state index contributed by atoms with van der Waals surface area (Å²) in [5, 5.41) is 8.76. The van der Waals surface area contributed by atoms with Gasteiger partial charge in [-0.25, -0.2) is 0 Å². The van der Waals surface area contributed by atoms with Crippen LogP contribution in [0.1, 0.15) is 17.7 Å². The van der Waals surface area contributed by atoms with Crippen LogP contribution in [0.3, 0.4) is 0 Å². The number of carbonyl (C=O) groups is 2. The number of rotatable bonds is 5. The van der Waals surface area contributed by atoms with Gasteiger partial charge >= 0.3 is 5.97 Å². The molecule has 0 spiro atoms. The molecule has 1 aromatic heterocycles. The van der Waals surface area contributed by atoms with Crippen LogP contribution < -0.4 is 0 Å². The third-order valence-corrected chi connectivity index (χ3v) is 5.04. The fraction of sp³-hybridized carbons (Fsp3) is 0.167. The lowest BCUT2D eigenvalue weighted by molar-refractivity contribution is -0.137. The molecule has 2 aromatic rings. The molecule has 0 radical (unpaired) electrons. The highest BCUT2D eigenvalue weighted by atomic mass is 32.2. The van der Waals surface area contributed by atoms with Gasteiger partial charge in [0.2, 0.25) is 0 Å². The maximum absolute atomic E-state index is 12.4. The van der Waals surface area contributed by atoms with Crippen LogP contribution in [0.5, 0.6) is 0 Å². The van der Waals surface area contributed by atoms with Crippen LogP contribution in [0.4, 0.5) is 0 Å². The van der Waals surface area contributed by atoms with Gasteiger partial charge in [0.05, 0.1) is 11.3 Å². The topological polar surface area (TPSA) is 70.8 Å². The van der Waals surface area contributed by atoms with Crippen molar-refractivity contribution < 1.29 is 19.1 Å². The van der Waals surface area contributed by atoms with E-state index >= 15 is 0 Å². The minimum Gasteiger partial charge on any atom is -0.481 e. The Morgan fingerprint density at radius 3 is 2.68 bits per heavy atom. The number of furan rings is 1. The largest absolute Gasteiger partial charge is 0.481 e. The highest BCUT2D eigenvalue weighted by Crippen LogP contribution is 2.33. The van der Waals surface area contributed by atoms with Gasteiger partial charge in [0, 0.05) is 18.2 Å². The Kier molecular flexibility index (Phi) is 5.06. The van der Waals surface area contributed by atoms with E-state index in [9.17, 15) is 9.59 Å². The maximum atomic E-state index is 12.4. The van der Waals surface area contributed by atoms with E-state index in [1.165, 1.54) is 10.5 Å². The summed E-state index contributed by atoms with van der Waals surface area (Å²) in [5.74, 6) is 0.0123. The molecule has 1 aromatic carbocycles. The SMILES string of the molecule is Cc1ccc(-c2ccc(C=C3SC(=S)N(CCC(=O)O)C3=O)o2)cc1. The number of benzene rings is 1. The van der Waals surface area contributed by atoms with Crippen molar-refractivity contribution in [2.75, 3.05) is 6.54 Å². The predicted molar refractivity (Wildman–Crippen MR) is 101 cm³/mol. The molecule has 7 heteroatoms. The summed E-state index contributed by atoms with van der Waals surface area (Å²) in [6.07, 6.45) is 1.50. The van der Waals surface area contributed by atoms with Gasteiger partial charge in [-0.1, -0.05) is 53.8 Å². The molecule has 0 unspecified atom stereocenters. The normalized spacial score (nSPS) is 16.0. The molecule has 128 valence electrons. The van der Waals surface area contributed by atoms with Crippen LogP contribution in [0.25, 0.3) is 17.4 Å². The number of thioether (sulfide) groups is 1. The first-order valence-corrected chi connectivity index (χ1v) is 8.80. The van der Waals surface area contributed by atoms with Crippen molar-refractivity contribution >= 4 is 46.3 Å². The number of hydrogen-bond acceptors (Lipinski definition) is 5. The van der Waals surface area contributed by atoms with E-state index in [1.54, 1.807) is 12.1 Å². The minimum atomic E-state index is -0.966. The Labute approximate surface area is 154 Å². The second-order valence-electron chi connectivity index (χ2n) is 5.55. The fourth-order valence-electron chi connectivity index (χ4n) is 2.33. The van der Waals surface area contributed by atoms with Gasteiger partial charge < -0.3 is 9.52 Å². The van der Waals surface area contributed by atoms with Crippen molar-refractivity contribution in [1.29, 1.82) is 0 Å². The molecular weight excluding hydrogens is 358 g/mol. The van der Waals surface area contributed by atoms with E-state index in [-0.39, 0.29) is 18.9 Å². The number of carboxylic acid groups (broad SMARTS) is 1. The number of hydrogen-bond donors (Lipinski definition) is 1. The van der Waals surface area contributed by atoms with Gasteiger partial charge in [0.1, 0.15) is 15.8 Å². The Hall–Kier alpha value is -2.38. The zero-order valence-electron chi connectivity index (χ0n) is 13.4. The number of nitrogens with zero attached hydrogens (tertiary/aromatic N) is 1. The van der Waals surface area contributed by atoms with Gasteiger partial charge in [-0.15, -0.1) is 0 Å². The lowest BCUT2D eigenvalue weighted by atomic mass is 10.1. The molecule has 3 rings (SSSR count). The van der Waals surface area contributed by atoms with E-state index in [0.29, 0.717) is 20.7 Å². The first-order valence-electron chi connectivity index (χ1n) is 7.58. The van der Waals surface area contributed by atoms with E-state index in [2.05, 4.69) is 0 Å². The van der Waals surface area contributed by atoms with E-state index in [0.717, 1.165) is 17.3 Å². The summed E-state index contributed by atoms with van der Waals surface area (Å²) in [7, 11) is 0. The summed E-state index contributed by atoms with van der Waals surface area (Å²) < 4.78 is 6.15. The van der Waals surface area contributed by atoms with Crippen molar-refractivity contribution in [2.45, 2.75) is 13.3 Å². The third-order valence-electron chi connectivity index (χ3n) is 3.66. The molecule has 1 aliphatic heterocycles. The zero-order chi connectivity index (χ0) is 18.0. The molecular formula is C18H15NO4S2. The summed E-state index contributed by atoms with van der Waals surface area (Å²) in [6.45, 7) is 2.09. The number of aryl methyl sites for hydroxylation is 1. The van der Waals surface area contributed by atoms with Gasteiger partial charge in [0.15, 0.2) is 0 Å². The Morgan fingerprint density at radius 2 is 2.00 bits per heavy atom. The highest BCUT2D eigenvalue weighted by molar-refractivity contribution is 8.26. The number of thiocarbonyl (C=S) groups is 1. The average molecular weight is 373 g/mol. The van der Waals surface area contributed by atoms with Crippen LogP contribution in [-0.2, 0) is 9.59 Å². The van der Waals surface area contributed by atoms with Crippen LogP contribution in [0.2, 0.25) is 0 Å². The highest BCUT2D eigenvalue weighted by Gasteiger charge is 2.32. The molecule has 0 atom stereocenters. The smallest absolute Gasteiger partial charge is 0.305 e. The maximum Gasteiger partial charge on any atom is 0.305 e. The van der Waals surface area contributed by atoms with Crippen molar-refractivity contribution in [3.05, 3.63) is 52.6 Å². The zero-order valence-corrected chi connectivity index (χ0v) is 15.0. The quantitative estimate of drug-likeness (QED) is 0.632. The molecule has 1 aliphatic rings. The number of amides is 1. The average Bonchev–Trinajstić information content (AvgIpc) is 3.12. The number of carbonyl (C=O) groups excluding carboxylic acids is 1. The lowest BCUT2D eigenvalue weighted by Crippen LogP contribution is -2.30. The molecule has 5 nitrogen and oxygen atoms in total. The van der Waals surface area contributed by atoms with Gasteiger partial charge in [-0.05, 0) is 19.1 Å². The molecule has 1 N–H and O–H groups in total. The second-order valence-corrected chi connectivity index (χ2v) is 7.22. The monoisotopic (exact) mass is 373 g/mol. The summed E-state index contributed by atoms with van der Waals surface area (Å²) in [6, 6.07) is 11.6. The number of carboxylic acids is 1. The summed E-state index contributed by atoms with van der Waals surface area (Å²) in [5.41, 5.74) is 2.12. The Bertz CT molecular complexity index is 867. The summed E-state index contributed by atoms with van der Waals surface area (Å²) >= 11 is 6.31.